The van der Waals surface area contributed by atoms with Crippen LogP contribution >= 0.6 is 0 Å². The Balaban J connectivity index is 0.000000932. The fourth-order valence-electron chi connectivity index (χ4n) is 3.32. The van der Waals surface area contributed by atoms with Gasteiger partial charge in [-0.1, -0.05) is 56.3 Å². The quantitative estimate of drug-likeness (QED) is 0.421. The summed E-state index contributed by atoms with van der Waals surface area (Å²) in [5.41, 5.74) is 5.84. The number of nitrogens with one attached hydrogen (secondary N) is 2. The maximum Gasteiger partial charge on any atom is 0.159 e. The van der Waals surface area contributed by atoms with Crippen LogP contribution in [0, 0.1) is 0 Å². The van der Waals surface area contributed by atoms with E-state index in [1.54, 1.807) is 7.11 Å². The molecule has 0 spiro atoms. The number of imidazole rings is 1. The smallest absolute Gasteiger partial charge is 0.159 e. The first-order valence-corrected chi connectivity index (χ1v) is 9.40. The average Bonchev–Trinajstić information content (AvgIpc) is 3.38. The van der Waals surface area contributed by atoms with Crippen molar-refractivity contribution in [2.45, 2.75) is 13.8 Å². The van der Waals surface area contributed by atoms with Crippen LogP contribution in [-0.2, 0) is 0 Å². The molecule has 0 fully saturated rings. The van der Waals surface area contributed by atoms with Crippen LogP contribution in [0.1, 0.15) is 13.8 Å². The third kappa shape index (κ3) is 3.01. The molecule has 2 N–H and O–H groups in total. The number of fused-ring (bicyclic) bond motifs is 2. The van der Waals surface area contributed by atoms with Crippen molar-refractivity contribution in [2.24, 2.45) is 0 Å². The minimum absolute atomic E-state index is 0.759. The second-order valence-corrected chi connectivity index (χ2v) is 6.14. The first-order chi connectivity index (χ1) is 13.8. The molecule has 0 aliphatic carbocycles. The van der Waals surface area contributed by atoms with E-state index in [2.05, 4.69) is 33.4 Å². The van der Waals surface area contributed by atoms with Crippen LogP contribution in [0.5, 0.6) is 5.75 Å². The van der Waals surface area contributed by atoms with Crippen LogP contribution in [0.4, 0.5) is 0 Å². The second kappa shape index (κ2) is 7.56. The number of aromatic nitrogens is 4. The number of hydrogen-bond acceptors (Lipinski definition) is 3. The minimum Gasteiger partial charge on any atom is -0.496 e. The summed E-state index contributed by atoms with van der Waals surface area (Å²) in [5.74, 6) is 1.61. The van der Waals surface area contributed by atoms with Crippen LogP contribution in [-0.4, -0.2) is 27.3 Å². The summed E-state index contributed by atoms with van der Waals surface area (Å²) in [4.78, 5) is 8.12. The lowest BCUT2D eigenvalue weighted by molar-refractivity contribution is 0.416. The van der Waals surface area contributed by atoms with Gasteiger partial charge in [-0.05, 0) is 29.8 Å². The van der Waals surface area contributed by atoms with E-state index in [1.165, 1.54) is 0 Å². The molecule has 0 amide bonds. The van der Waals surface area contributed by atoms with E-state index in [0.717, 1.165) is 50.3 Å². The van der Waals surface area contributed by atoms with Gasteiger partial charge in [-0.25, -0.2) is 4.98 Å². The normalized spacial score (nSPS) is 10.7. The number of hydrogen-bond donors (Lipinski definition) is 2. The Morgan fingerprint density at radius 3 is 2.50 bits per heavy atom. The number of H-pyrrole nitrogens is 2. The third-order valence-electron chi connectivity index (χ3n) is 4.59. The molecular formula is C23H22N4O. The highest BCUT2D eigenvalue weighted by Gasteiger charge is 2.13. The molecule has 0 unspecified atom stereocenters. The molecule has 2 aromatic heterocycles. The Morgan fingerprint density at radius 1 is 0.857 bits per heavy atom. The van der Waals surface area contributed by atoms with Crippen LogP contribution < -0.4 is 4.74 Å². The lowest BCUT2D eigenvalue weighted by Gasteiger charge is -2.07. The Morgan fingerprint density at radius 2 is 1.64 bits per heavy atom. The zero-order chi connectivity index (χ0) is 19.5. The minimum atomic E-state index is 0.759. The largest absolute Gasteiger partial charge is 0.496 e. The first-order valence-electron chi connectivity index (χ1n) is 9.40. The molecule has 0 aliphatic rings. The average molecular weight is 370 g/mol. The fraction of sp³-hybridized carbons (Fsp3) is 0.130. The summed E-state index contributed by atoms with van der Waals surface area (Å²) in [6.07, 6.45) is 0. The van der Waals surface area contributed by atoms with E-state index < -0.39 is 0 Å². The molecule has 5 nitrogen and oxygen atoms in total. The monoisotopic (exact) mass is 370 g/mol. The zero-order valence-electron chi connectivity index (χ0n) is 16.2. The lowest BCUT2D eigenvalue weighted by atomic mass is 10.0. The highest BCUT2D eigenvalue weighted by Crippen LogP contribution is 2.32. The molecule has 0 saturated carbocycles. The number of benzene rings is 3. The van der Waals surface area contributed by atoms with Crippen molar-refractivity contribution in [3.8, 4) is 28.4 Å². The highest BCUT2D eigenvalue weighted by molar-refractivity contribution is 5.93. The van der Waals surface area contributed by atoms with Crippen molar-refractivity contribution in [3.63, 3.8) is 0 Å². The van der Waals surface area contributed by atoms with Gasteiger partial charge in [0.05, 0.1) is 23.7 Å². The van der Waals surface area contributed by atoms with Crippen molar-refractivity contribution >= 4 is 21.9 Å². The van der Waals surface area contributed by atoms with E-state index in [9.17, 15) is 0 Å². The van der Waals surface area contributed by atoms with E-state index in [-0.39, 0.29) is 0 Å². The summed E-state index contributed by atoms with van der Waals surface area (Å²) < 4.78 is 5.48. The molecule has 0 aliphatic heterocycles. The Hall–Kier alpha value is -3.60. The number of para-hydroxylation sites is 2. The van der Waals surface area contributed by atoms with Crippen LogP contribution in [0.25, 0.3) is 44.6 Å². The third-order valence-corrected chi connectivity index (χ3v) is 4.59. The van der Waals surface area contributed by atoms with Gasteiger partial charge in [0.1, 0.15) is 11.4 Å². The first kappa shape index (κ1) is 17.8. The van der Waals surface area contributed by atoms with E-state index in [1.807, 2.05) is 62.4 Å². The van der Waals surface area contributed by atoms with Crippen molar-refractivity contribution in [1.82, 2.24) is 20.2 Å². The second-order valence-electron chi connectivity index (χ2n) is 6.14. The van der Waals surface area contributed by atoms with Gasteiger partial charge in [-0.3, -0.25) is 5.10 Å². The van der Waals surface area contributed by atoms with Gasteiger partial charge in [0.15, 0.2) is 5.82 Å². The zero-order valence-corrected chi connectivity index (χ0v) is 16.2. The standard InChI is InChI=1S/C21H16N4O.C2H6/c1-26-19-9-5-3-6-14(19)13-10-11-17-18(12-13)23-21(22-17)20-15-7-2-4-8-16(15)24-25-20;1-2/h2-12H,1H3,(H,22,23)(H,24,25);1-2H3. The van der Waals surface area contributed by atoms with Crippen molar-refractivity contribution < 1.29 is 4.74 Å². The van der Waals surface area contributed by atoms with Gasteiger partial charge in [0, 0.05) is 10.9 Å². The highest BCUT2D eigenvalue weighted by atomic mass is 16.5. The molecule has 5 rings (SSSR count). The Kier molecular flexibility index (Phi) is 4.81. The molecule has 5 heteroatoms. The van der Waals surface area contributed by atoms with Gasteiger partial charge in [-0.15, -0.1) is 0 Å². The molecule has 0 atom stereocenters. The fourth-order valence-corrected chi connectivity index (χ4v) is 3.32. The number of ether oxygens (including phenoxy) is 1. The van der Waals surface area contributed by atoms with Crippen LogP contribution in [0.2, 0.25) is 0 Å². The molecule has 28 heavy (non-hydrogen) atoms. The van der Waals surface area contributed by atoms with Crippen LogP contribution in [0.15, 0.2) is 66.7 Å². The van der Waals surface area contributed by atoms with E-state index in [4.69, 9.17) is 9.72 Å². The molecule has 2 heterocycles. The van der Waals surface area contributed by atoms with E-state index in [0.29, 0.717) is 0 Å². The predicted molar refractivity (Wildman–Crippen MR) is 115 cm³/mol. The number of methoxy groups -OCH3 is 1. The van der Waals surface area contributed by atoms with Gasteiger partial charge < -0.3 is 9.72 Å². The maximum atomic E-state index is 5.48. The summed E-state index contributed by atoms with van der Waals surface area (Å²) >= 11 is 0. The van der Waals surface area contributed by atoms with Crippen molar-refractivity contribution in [3.05, 3.63) is 66.7 Å². The molecule has 0 bridgehead atoms. The molecule has 140 valence electrons. The molecule has 5 aromatic rings. The van der Waals surface area contributed by atoms with Gasteiger partial charge >= 0.3 is 0 Å². The molecular weight excluding hydrogens is 348 g/mol. The molecule has 0 saturated heterocycles. The summed E-state index contributed by atoms with van der Waals surface area (Å²) in [6.45, 7) is 4.00. The van der Waals surface area contributed by atoms with E-state index >= 15 is 0 Å². The number of aromatic amines is 2. The Bertz CT molecular complexity index is 1240. The molecule has 3 aromatic carbocycles. The number of rotatable bonds is 3. The summed E-state index contributed by atoms with van der Waals surface area (Å²) in [7, 11) is 1.69. The lowest BCUT2D eigenvalue weighted by Crippen LogP contribution is -1.87. The Labute approximate surface area is 163 Å². The van der Waals surface area contributed by atoms with Crippen molar-refractivity contribution in [2.75, 3.05) is 7.11 Å². The summed E-state index contributed by atoms with van der Waals surface area (Å²) in [5, 5.41) is 8.54. The maximum absolute atomic E-state index is 5.48. The van der Waals surface area contributed by atoms with Crippen LogP contribution in [0.3, 0.4) is 0 Å². The predicted octanol–water partition coefficient (Wildman–Crippen LogP) is 5.81. The van der Waals surface area contributed by atoms with Gasteiger partial charge in [0.2, 0.25) is 0 Å². The van der Waals surface area contributed by atoms with Gasteiger partial charge in [0.25, 0.3) is 0 Å². The molecule has 0 radical (unpaired) electrons. The van der Waals surface area contributed by atoms with Crippen molar-refractivity contribution in [1.29, 1.82) is 0 Å². The van der Waals surface area contributed by atoms with Gasteiger partial charge in [-0.2, -0.15) is 5.10 Å². The SMILES string of the molecule is CC.COc1ccccc1-c1ccc2nc(-c3n[nH]c4ccccc34)[nH]c2c1. The number of nitrogens with zero attached hydrogens (tertiary/aromatic N) is 2. The summed E-state index contributed by atoms with van der Waals surface area (Å²) in [6, 6.07) is 22.2. The topological polar surface area (TPSA) is 66.6 Å².